The average molecular weight is 290 g/mol. The highest BCUT2D eigenvalue weighted by Crippen LogP contribution is 2.13. The first-order valence-electron chi connectivity index (χ1n) is 5.91. The lowest BCUT2D eigenvalue weighted by Crippen LogP contribution is -2.35. The number of imidazole rings is 1. The quantitative estimate of drug-likeness (QED) is 0.843. The van der Waals surface area contributed by atoms with Gasteiger partial charge in [-0.2, -0.15) is 0 Å². The van der Waals surface area contributed by atoms with Crippen LogP contribution in [0.3, 0.4) is 0 Å². The fourth-order valence-electron chi connectivity index (χ4n) is 1.47. The summed E-state index contributed by atoms with van der Waals surface area (Å²) in [5.41, 5.74) is 0.634. The van der Waals surface area contributed by atoms with Crippen molar-refractivity contribution in [3.63, 3.8) is 0 Å². The van der Waals surface area contributed by atoms with E-state index in [1.54, 1.807) is 36.7 Å². The van der Waals surface area contributed by atoms with Crippen LogP contribution in [0.2, 0.25) is 0 Å². The van der Waals surface area contributed by atoms with Crippen molar-refractivity contribution in [2.75, 3.05) is 11.1 Å². The molecule has 0 radical (unpaired) electrons. The van der Waals surface area contributed by atoms with Gasteiger partial charge in [0.25, 0.3) is 0 Å². The number of carbonyl (C=O) groups is 2. The number of urea groups is 1. The lowest BCUT2D eigenvalue weighted by atomic mass is 10.3. The predicted octanol–water partition coefficient (Wildman–Crippen LogP) is 1.86. The number of imide groups is 1. The lowest BCUT2D eigenvalue weighted by Gasteiger charge is -2.06. The van der Waals surface area contributed by atoms with Gasteiger partial charge >= 0.3 is 6.03 Å². The van der Waals surface area contributed by atoms with Crippen LogP contribution in [0.4, 0.5) is 10.5 Å². The number of hydrogen-bond acceptors (Lipinski definition) is 4. The predicted molar refractivity (Wildman–Crippen MR) is 77.5 cm³/mol. The van der Waals surface area contributed by atoms with Crippen molar-refractivity contribution < 1.29 is 9.59 Å². The maximum Gasteiger partial charge on any atom is 0.325 e. The standard InChI is InChI=1S/C13H14N4O2S/c1-17-8-7-14-13(17)20-9-11(18)16-12(19)15-10-5-3-2-4-6-10/h2-8H,9H2,1H3,(H2,15,16,18,19). The molecule has 0 atom stereocenters. The van der Waals surface area contributed by atoms with Crippen LogP contribution >= 0.6 is 11.8 Å². The van der Waals surface area contributed by atoms with Crippen LogP contribution in [0.1, 0.15) is 0 Å². The van der Waals surface area contributed by atoms with Gasteiger partial charge in [-0.1, -0.05) is 30.0 Å². The van der Waals surface area contributed by atoms with E-state index in [1.807, 2.05) is 17.7 Å². The molecule has 1 aromatic carbocycles. The number of anilines is 1. The number of aromatic nitrogens is 2. The fourth-order valence-corrected chi connectivity index (χ4v) is 2.20. The largest absolute Gasteiger partial charge is 0.329 e. The number of hydrogen-bond donors (Lipinski definition) is 2. The van der Waals surface area contributed by atoms with E-state index < -0.39 is 6.03 Å². The van der Waals surface area contributed by atoms with E-state index in [2.05, 4.69) is 15.6 Å². The molecule has 7 heteroatoms. The van der Waals surface area contributed by atoms with Crippen LogP contribution in [0, 0.1) is 0 Å². The first kappa shape index (κ1) is 14.1. The Hall–Kier alpha value is -2.28. The Balaban J connectivity index is 1.77. The highest BCUT2D eigenvalue weighted by molar-refractivity contribution is 7.99. The van der Waals surface area contributed by atoms with E-state index in [4.69, 9.17) is 0 Å². The summed E-state index contributed by atoms with van der Waals surface area (Å²) < 4.78 is 1.81. The number of benzene rings is 1. The van der Waals surface area contributed by atoms with E-state index in [0.29, 0.717) is 5.69 Å². The van der Waals surface area contributed by atoms with Crippen molar-refractivity contribution in [3.8, 4) is 0 Å². The van der Waals surface area contributed by atoms with Gasteiger partial charge in [0.1, 0.15) is 0 Å². The molecule has 0 saturated carbocycles. The molecule has 2 rings (SSSR count). The zero-order chi connectivity index (χ0) is 14.4. The van der Waals surface area contributed by atoms with Crippen molar-refractivity contribution in [3.05, 3.63) is 42.7 Å². The Labute approximate surface area is 120 Å². The zero-order valence-corrected chi connectivity index (χ0v) is 11.7. The van der Waals surface area contributed by atoms with Gasteiger partial charge in [-0.25, -0.2) is 9.78 Å². The van der Waals surface area contributed by atoms with Gasteiger partial charge in [0.05, 0.1) is 5.75 Å². The summed E-state index contributed by atoms with van der Waals surface area (Å²) in [6.45, 7) is 0. The van der Waals surface area contributed by atoms with Crippen LogP contribution in [-0.2, 0) is 11.8 Å². The molecule has 0 fully saturated rings. The summed E-state index contributed by atoms with van der Waals surface area (Å²) in [6, 6.07) is 8.39. The topological polar surface area (TPSA) is 76.0 Å². The van der Waals surface area contributed by atoms with Crippen molar-refractivity contribution in [1.82, 2.24) is 14.9 Å². The van der Waals surface area contributed by atoms with Crippen molar-refractivity contribution in [2.24, 2.45) is 7.05 Å². The SMILES string of the molecule is Cn1ccnc1SCC(=O)NC(=O)Nc1ccccc1. The second-order valence-corrected chi connectivity index (χ2v) is 4.92. The van der Waals surface area contributed by atoms with Crippen LogP contribution < -0.4 is 10.6 Å². The molecule has 0 aliphatic carbocycles. The number of para-hydroxylation sites is 1. The molecule has 2 aromatic rings. The van der Waals surface area contributed by atoms with E-state index in [1.165, 1.54) is 11.8 Å². The molecule has 6 nitrogen and oxygen atoms in total. The number of rotatable bonds is 4. The van der Waals surface area contributed by atoms with Crippen LogP contribution in [-0.4, -0.2) is 27.2 Å². The molecule has 1 heterocycles. The molecule has 0 aliphatic rings. The first-order chi connectivity index (χ1) is 9.65. The molecule has 20 heavy (non-hydrogen) atoms. The maximum absolute atomic E-state index is 11.6. The molecule has 3 amide bonds. The third-order valence-corrected chi connectivity index (χ3v) is 3.45. The first-order valence-corrected chi connectivity index (χ1v) is 6.90. The number of amides is 3. The summed E-state index contributed by atoms with van der Waals surface area (Å²) in [4.78, 5) is 27.3. The average Bonchev–Trinajstić information content (AvgIpc) is 2.83. The second-order valence-electron chi connectivity index (χ2n) is 3.98. The molecular formula is C13H14N4O2S. The molecule has 0 spiro atoms. The van der Waals surface area contributed by atoms with Gasteiger partial charge in [-0.15, -0.1) is 0 Å². The Kier molecular flexibility index (Phi) is 4.78. The minimum atomic E-state index is -0.540. The monoisotopic (exact) mass is 290 g/mol. The maximum atomic E-state index is 11.6. The molecule has 1 aromatic heterocycles. The van der Waals surface area contributed by atoms with Crippen molar-refractivity contribution in [1.29, 1.82) is 0 Å². The Morgan fingerprint density at radius 3 is 2.70 bits per heavy atom. The highest BCUT2D eigenvalue weighted by Gasteiger charge is 2.09. The number of thioether (sulfide) groups is 1. The number of carbonyl (C=O) groups excluding carboxylic acids is 2. The van der Waals surface area contributed by atoms with E-state index in [9.17, 15) is 9.59 Å². The molecule has 0 unspecified atom stereocenters. The van der Waals surface area contributed by atoms with Gasteiger partial charge in [-0.05, 0) is 12.1 Å². The normalized spacial score (nSPS) is 10.1. The van der Waals surface area contributed by atoms with E-state index >= 15 is 0 Å². The Bertz CT molecular complexity index is 597. The van der Waals surface area contributed by atoms with Crippen LogP contribution in [0.15, 0.2) is 47.9 Å². The van der Waals surface area contributed by atoms with Crippen molar-refractivity contribution in [2.45, 2.75) is 5.16 Å². The van der Waals surface area contributed by atoms with Crippen molar-refractivity contribution >= 4 is 29.4 Å². The van der Waals surface area contributed by atoms with E-state index in [-0.39, 0.29) is 11.7 Å². The molecular weight excluding hydrogens is 276 g/mol. The fraction of sp³-hybridized carbons (Fsp3) is 0.154. The molecule has 0 bridgehead atoms. The molecule has 0 aliphatic heterocycles. The molecule has 2 N–H and O–H groups in total. The van der Waals surface area contributed by atoms with Crippen LogP contribution in [0.5, 0.6) is 0 Å². The van der Waals surface area contributed by atoms with Gasteiger partial charge in [0, 0.05) is 25.1 Å². The summed E-state index contributed by atoms with van der Waals surface area (Å²) >= 11 is 1.27. The number of nitrogens with one attached hydrogen (secondary N) is 2. The van der Waals surface area contributed by atoms with Gasteiger partial charge in [-0.3, -0.25) is 10.1 Å². The van der Waals surface area contributed by atoms with Gasteiger partial charge in [0.2, 0.25) is 5.91 Å². The minimum absolute atomic E-state index is 0.132. The van der Waals surface area contributed by atoms with Crippen LogP contribution in [0.25, 0.3) is 0 Å². The third-order valence-electron chi connectivity index (χ3n) is 2.39. The number of nitrogens with zero attached hydrogens (tertiary/aromatic N) is 2. The summed E-state index contributed by atoms with van der Waals surface area (Å²) in [5.74, 6) is -0.237. The zero-order valence-electron chi connectivity index (χ0n) is 10.9. The second kappa shape index (κ2) is 6.76. The Morgan fingerprint density at radius 1 is 1.30 bits per heavy atom. The molecule has 104 valence electrons. The smallest absolute Gasteiger partial charge is 0.325 e. The summed E-state index contributed by atoms with van der Waals surface area (Å²) in [6.07, 6.45) is 3.45. The summed E-state index contributed by atoms with van der Waals surface area (Å²) in [7, 11) is 1.84. The third kappa shape index (κ3) is 4.13. The summed E-state index contributed by atoms with van der Waals surface area (Å²) in [5, 5.41) is 5.57. The van der Waals surface area contributed by atoms with E-state index in [0.717, 1.165) is 5.16 Å². The molecule has 0 saturated heterocycles. The lowest BCUT2D eigenvalue weighted by molar-refractivity contribution is -0.117. The van der Waals surface area contributed by atoms with Gasteiger partial charge in [0.15, 0.2) is 5.16 Å². The Morgan fingerprint density at radius 2 is 2.05 bits per heavy atom. The minimum Gasteiger partial charge on any atom is -0.329 e. The highest BCUT2D eigenvalue weighted by atomic mass is 32.2. The van der Waals surface area contributed by atoms with Gasteiger partial charge < -0.3 is 9.88 Å². The number of aryl methyl sites for hydroxylation is 1.